The SMILES string of the molecule is CC(=S)NNC(=O)CCNC(=O)OCc1ccccc1. The molecule has 0 aliphatic heterocycles. The minimum Gasteiger partial charge on any atom is -0.445 e. The van der Waals surface area contributed by atoms with Crippen molar-refractivity contribution >= 4 is 29.2 Å². The lowest BCUT2D eigenvalue weighted by Gasteiger charge is -2.08. The Labute approximate surface area is 122 Å². The molecule has 3 N–H and O–H groups in total. The van der Waals surface area contributed by atoms with Gasteiger partial charge in [0.2, 0.25) is 5.91 Å². The van der Waals surface area contributed by atoms with Gasteiger partial charge in [0.05, 0.1) is 4.99 Å². The van der Waals surface area contributed by atoms with Crippen molar-refractivity contribution in [3.8, 4) is 0 Å². The van der Waals surface area contributed by atoms with Crippen LogP contribution < -0.4 is 16.2 Å². The van der Waals surface area contributed by atoms with Crippen molar-refractivity contribution < 1.29 is 14.3 Å². The zero-order valence-electron chi connectivity index (χ0n) is 11.1. The van der Waals surface area contributed by atoms with Gasteiger partial charge in [-0.15, -0.1) is 0 Å². The summed E-state index contributed by atoms with van der Waals surface area (Å²) in [6.07, 6.45) is -0.420. The highest BCUT2D eigenvalue weighted by Crippen LogP contribution is 2.00. The fraction of sp³-hybridized carbons (Fsp3) is 0.308. The summed E-state index contributed by atoms with van der Waals surface area (Å²) in [5, 5.41) is 2.49. The van der Waals surface area contributed by atoms with Crippen LogP contribution in [0.3, 0.4) is 0 Å². The van der Waals surface area contributed by atoms with Crippen LogP contribution >= 0.6 is 12.2 Å². The minimum atomic E-state index is -0.555. The van der Waals surface area contributed by atoms with E-state index in [0.29, 0.717) is 4.99 Å². The van der Waals surface area contributed by atoms with Crippen LogP contribution in [0.2, 0.25) is 0 Å². The number of carbonyl (C=O) groups is 2. The first kappa shape index (κ1) is 15.9. The van der Waals surface area contributed by atoms with Gasteiger partial charge in [0, 0.05) is 13.0 Å². The van der Waals surface area contributed by atoms with E-state index >= 15 is 0 Å². The average molecular weight is 295 g/mol. The lowest BCUT2D eigenvalue weighted by Crippen LogP contribution is -2.41. The summed E-state index contributed by atoms with van der Waals surface area (Å²) in [6.45, 7) is 2.04. The molecule has 0 radical (unpaired) electrons. The fourth-order valence-electron chi connectivity index (χ4n) is 1.27. The molecule has 0 heterocycles. The molecule has 1 rings (SSSR count). The van der Waals surface area contributed by atoms with E-state index in [0.717, 1.165) is 5.56 Å². The first-order valence-electron chi connectivity index (χ1n) is 6.08. The Balaban J connectivity index is 2.11. The Morgan fingerprint density at radius 1 is 1.20 bits per heavy atom. The summed E-state index contributed by atoms with van der Waals surface area (Å²) in [5.74, 6) is -0.266. The summed E-state index contributed by atoms with van der Waals surface area (Å²) in [4.78, 5) is 23.1. The van der Waals surface area contributed by atoms with E-state index in [1.165, 1.54) is 0 Å². The number of carbonyl (C=O) groups excluding carboxylic acids is 2. The van der Waals surface area contributed by atoms with Gasteiger partial charge >= 0.3 is 6.09 Å². The Morgan fingerprint density at radius 3 is 2.55 bits per heavy atom. The Hall–Kier alpha value is -2.15. The standard InChI is InChI=1S/C13H17N3O3S/c1-10(20)15-16-12(17)7-8-14-13(18)19-9-11-5-3-2-4-6-11/h2-6H,7-9H2,1H3,(H,14,18)(H,15,20)(H,16,17). The second-order valence-corrected chi connectivity index (χ2v) is 4.58. The van der Waals surface area contributed by atoms with Gasteiger partial charge in [0.15, 0.2) is 0 Å². The Bertz CT molecular complexity index is 465. The van der Waals surface area contributed by atoms with Gasteiger partial charge in [-0.3, -0.25) is 15.6 Å². The topological polar surface area (TPSA) is 79.5 Å². The Kier molecular flexibility index (Phi) is 7.05. The number of amides is 2. The molecule has 0 bridgehead atoms. The maximum Gasteiger partial charge on any atom is 0.407 e. The van der Waals surface area contributed by atoms with Crippen LogP contribution in [0.25, 0.3) is 0 Å². The van der Waals surface area contributed by atoms with E-state index in [1.54, 1.807) is 6.92 Å². The van der Waals surface area contributed by atoms with Crippen LogP contribution in [-0.4, -0.2) is 23.5 Å². The maximum absolute atomic E-state index is 11.4. The van der Waals surface area contributed by atoms with E-state index in [2.05, 4.69) is 16.2 Å². The van der Waals surface area contributed by atoms with E-state index in [-0.39, 0.29) is 25.5 Å². The molecule has 0 atom stereocenters. The van der Waals surface area contributed by atoms with Crippen molar-refractivity contribution in [2.75, 3.05) is 6.54 Å². The quantitative estimate of drug-likeness (QED) is 0.563. The number of alkyl carbamates (subject to hydrolysis) is 1. The predicted octanol–water partition coefficient (Wildman–Crippen LogP) is 1.27. The second-order valence-electron chi connectivity index (χ2n) is 3.97. The van der Waals surface area contributed by atoms with Gasteiger partial charge in [-0.25, -0.2) is 4.79 Å². The highest BCUT2D eigenvalue weighted by atomic mass is 32.1. The van der Waals surface area contributed by atoms with Gasteiger partial charge in [0.25, 0.3) is 0 Å². The first-order chi connectivity index (χ1) is 9.58. The molecule has 0 aromatic heterocycles. The largest absolute Gasteiger partial charge is 0.445 e. The van der Waals surface area contributed by atoms with Crippen LogP contribution in [0.1, 0.15) is 18.9 Å². The predicted molar refractivity (Wildman–Crippen MR) is 78.8 cm³/mol. The number of nitrogens with one attached hydrogen (secondary N) is 3. The van der Waals surface area contributed by atoms with Gasteiger partial charge in [-0.05, 0) is 12.5 Å². The smallest absolute Gasteiger partial charge is 0.407 e. The first-order valence-corrected chi connectivity index (χ1v) is 6.48. The number of hydrogen-bond donors (Lipinski definition) is 3. The molecule has 1 aromatic carbocycles. The summed E-state index contributed by atoms with van der Waals surface area (Å²) in [6, 6.07) is 9.34. The van der Waals surface area contributed by atoms with Crippen LogP contribution in [0.5, 0.6) is 0 Å². The minimum absolute atomic E-state index is 0.135. The van der Waals surface area contributed by atoms with Crippen molar-refractivity contribution in [1.82, 2.24) is 16.2 Å². The number of ether oxygens (including phenoxy) is 1. The third-order valence-corrected chi connectivity index (χ3v) is 2.31. The molecular formula is C13H17N3O3S. The lowest BCUT2D eigenvalue weighted by atomic mass is 10.2. The zero-order chi connectivity index (χ0) is 14.8. The third-order valence-electron chi connectivity index (χ3n) is 2.21. The molecule has 0 aliphatic carbocycles. The highest BCUT2D eigenvalue weighted by Gasteiger charge is 2.04. The van der Waals surface area contributed by atoms with Gasteiger partial charge in [-0.2, -0.15) is 0 Å². The molecule has 0 saturated heterocycles. The monoisotopic (exact) mass is 295 g/mol. The zero-order valence-corrected chi connectivity index (χ0v) is 12.0. The van der Waals surface area contributed by atoms with Crippen molar-refractivity contribution in [3.63, 3.8) is 0 Å². The van der Waals surface area contributed by atoms with Crippen LogP contribution in [0, 0.1) is 0 Å². The number of rotatable bonds is 5. The summed E-state index contributed by atoms with van der Waals surface area (Å²) >= 11 is 4.73. The van der Waals surface area contributed by atoms with Crippen LogP contribution in [0.4, 0.5) is 4.79 Å². The third kappa shape index (κ3) is 7.32. The molecule has 0 fully saturated rings. The second kappa shape index (κ2) is 8.87. The molecule has 2 amide bonds. The van der Waals surface area contributed by atoms with Crippen molar-refractivity contribution in [3.05, 3.63) is 35.9 Å². The van der Waals surface area contributed by atoms with Gasteiger partial charge in [0.1, 0.15) is 6.61 Å². The van der Waals surface area contributed by atoms with E-state index in [4.69, 9.17) is 17.0 Å². The number of thiocarbonyl (C=S) groups is 1. The van der Waals surface area contributed by atoms with Crippen LogP contribution in [-0.2, 0) is 16.1 Å². The molecule has 0 unspecified atom stereocenters. The van der Waals surface area contributed by atoms with Crippen LogP contribution in [0.15, 0.2) is 30.3 Å². The molecule has 7 heteroatoms. The van der Waals surface area contributed by atoms with Crippen molar-refractivity contribution in [1.29, 1.82) is 0 Å². The number of hydrazine groups is 1. The van der Waals surface area contributed by atoms with E-state index in [9.17, 15) is 9.59 Å². The molecule has 0 aliphatic rings. The van der Waals surface area contributed by atoms with Gasteiger partial charge < -0.3 is 10.1 Å². The van der Waals surface area contributed by atoms with Crippen molar-refractivity contribution in [2.24, 2.45) is 0 Å². The molecule has 0 saturated carbocycles. The van der Waals surface area contributed by atoms with E-state index < -0.39 is 6.09 Å². The summed E-state index contributed by atoms with van der Waals surface area (Å²) in [7, 11) is 0. The lowest BCUT2D eigenvalue weighted by molar-refractivity contribution is -0.121. The number of benzene rings is 1. The fourth-order valence-corrected chi connectivity index (χ4v) is 1.32. The normalized spacial score (nSPS) is 9.45. The van der Waals surface area contributed by atoms with E-state index in [1.807, 2.05) is 30.3 Å². The highest BCUT2D eigenvalue weighted by molar-refractivity contribution is 7.80. The molecule has 1 aromatic rings. The molecule has 0 spiro atoms. The molecule has 108 valence electrons. The van der Waals surface area contributed by atoms with Crippen molar-refractivity contribution in [2.45, 2.75) is 20.0 Å². The molecule has 6 nitrogen and oxygen atoms in total. The summed E-state index contributed by atoms with van der Waals surface area (Å²) < 4.78 is 4.99. The Morgan fingerprint density at radius 2 is 1.90 bits per heavy atom. The number of hydrogen-bond acceptors (Lipinski definition) is 4. The average Bonchev–Trinajstić information content (AvgIpc) is 2.44. The van der Waals surface area contributed by atoms with Gasteiger partial charge in [-0.1, -0.05) is 42.5 Å². The summed E-state index contributed by atoms with van der Waals surface area (Å²) in [5.41, 5.74) is 5.81. The molecular weight excluding hydrogens is 278 g/mol. The molecule has 20 heavy (non-hydrogen) atoms. The maximum atomic E-state index is 11.4.